The number of hydrogen-bond acceptors (Lipinski definition) is 5. The molecule has 0 aliphatic rings. The van der Waals surface area contributed by atoms with Crippen LogP contribution >= 0.6 is 23.2 Å². The first-order valence-corrected chi connectivity index (χ1v) is 9.73. The summed E-state index contributed by atoms with van der Waals surface area (Å²) >= 11 is 12.1. The number of benzene rings is 3. The van der Waals surface area contributed by atoms with Crippen molar-refractivity contribution in [2.45, 2.75) is 0 Å². The van der Waals surface area contributed by atoms with Crippen molar-refractivity contribution >= 4 is 52.7 Å². The Morgan fingerprint density at radius 2 is 1.33 bits per heavy atom. The molecule has 0 radical (unpaired) electrons. The highest BCUT2D eigenvalue weighted by Crippen LogP contribution is 2.33. The largest absolute Gasteiger partial charge is 0.507 e. The van der Waals surface area contributed by atoms with Gasteiger partial charge < -0.3 is 25.7 Å². The Morgan fingerprint density at radius 3 is 1.91 bits per heavy atom. The van der Waals surface area contributed by atoms with Crippen molar-refractivity contribution in [3.63, 3.8) is 0 Å². The molecule has 5 N–H and O–H groups in total. The Balaban J connectivity index is 2.09. The molecule has 0 saturated carbocycles. The van der Waals surface area contributed by atoms with Crippen LogP contribution in [0.25, 0.3) is 11.1 Å². The molecule has 0 bridgehead atoms. The van der Waals surface area contributed by atoms with Crippen LogP contribution in [-0.2, 0) is 0 Å². The Hall–Kier alpha value is -4.08. The molecule has 9 nitrogen and oxygen atoms in total. The maximum absolute atomic E-state index is 12.8. The van der Waals surface area contributed by atoms with E-state index in [-0.39, 0.29) is 16.3 Å². The van der Waals surface area contributed by atoms with Gasteiger partial charge in [-0.1, -0.05) is 35.3 Å². The molecule has 33 heavy (non-hydrogen) atoms. The average molecular weight is 490 g/mol. The summed E-state index contributed by atoms with van der Waals surface area (Å²) in [5, 5.41) is 40.8. The van der Waals surface area contributed by atoms with Crippen molar-refractivity contribution in [1.82, 2.24) is 0 Å². The Morgan fingerprint density at radius 1 is 0.697 bits per heavy atom. The molecule has 0 unspecified atom stereocenters. The van der Waals surface area contributed by atoms with Crippen LogP contribution < -0.4 is 5.32 Å². The van der Waals surface area contributed by atoms with Crippen LogP contribution in [0.2, 0.25) is 10.0 Å². The van der Waals surface area contributed by atoms with Crippen LogP contribution in [0, 0.1) is 0 Å². The van der Waals surface area contributed by atoms with Gasteiger partial charge in [-0.15, -0.1) is 0 Å². The molecule has 11 heteroatoms. The third-order valence-electron chi connectivity index (χ3n) is 4.58. The first-order valence-electron chi connectivity index (χ1n) is 8.97. The minimum Gasteiger partial charge on any atom is -0.507 e. The number of nitrogens with one attached hydrogen (secondary N) is 1. The molecule has 0 fully saturated rings. The molecule has 168 valence electrons. The summed E-state index contributed by atoms with van der Waals surface area (Å²) in [4.78, 5) is 47.2. The van der Waals surface area contributed by atoms with E-state index in [1.165, 1.54) is 24.3 Å². The minimum absolute atomic E-state index is 0.186. The van der Waals surface area contributed by atoms with Crippen LogP contribution in [0.1, 0.15) is 41.4 Å². The quantitative estimate of drug-likeness (QED) is 0.332. The van der Waals surface area contributed by atoms with Crippen molar-refractivity contribution < 1.29 is 39.6 Å². The molecular formula is C22H13Cl2NO8. The first-order chi connectivity index (χ1) is 15.5. The number of phenols is 1. The molecule has 3 rings (SSSR count). The second-order valence-electron chi connectivity index (χ2n) is 6.67. The summed E-state index contributed by atoms with van der Waals surface area (Å²) in [6, 6.07) is 9.97. The average Bonchev–Trinajstić information content (AvgIpc) is 2.72. The van der Waals surface area contributed by atoms with E-state index in [1.54, 1.807) is 12.1 Å². The summed E-state index contributed by atoms with van der Waals surface area (Å²) in [7, 11) is 0. The van der Waals surface area contributed by atoms with Crippen molar-refractivity contribution in [3.05, 3.63) is 80.8 Å². The molecule has 1 amide bonds. The summed E-state index contributed by atoms with van der Waals surface area (Å²) in [6.07, 6.45) is 0. The van der Waals surface area contributed by atoms with Gasteiger partial charge in [0.2, 0.25) is 0 Å². The maximum atomic E-state index is 12.8. The molecule has 0 heterocycles. The van der Waals surface area contributed by atoms with Gasteiger partial charge in [0, 0.05) is 15.6 Å². The molecular weight excluding hydrogens is 477 g/mol. The van der Waals surface area contributed by atoms with Crippen LogP contribution in [0.15, 0.2) is 48.5 Å². The zero-order valence-corrected chi connectivity index (χ0v) is 17.8. The summed E-state index contributed by atoms with van der Waals surface area (Å²) in [6.45, 7) is 0. The molecule has 0 aliphatic heterocycles. The molecule has 0 spiro atoms. The number of halogens is 2. The van der Waals surface area contributed by atoms with Crippen LogP contribution in [-0.4, -0.2) is 44.2 Å². The second kappa shape index (κ2) is 9.19. The number of carboxylic acids is 3. The number of amides is 1. The number of carbonyl (C=O) groups is 4. The van der Waals surface area contributed by atoms with E-state index in [4.69, 9.17) is 28.3 Å². The molecule has 0 saturated heterocycles. The number of aromatic hydroxyl groups is 1. The fraction of sp³-hybridized carbons (Fsp3) is 0. The topological polar surface area (TPSA) is 161 Å². The van der Waals surface area contributed by atoms with E-state index >= 15 is 0 Å². The van der Waals surface area contributed by atoms with Crippen LogP contribution in [0.5, 0.6) is 5.75 Å². The lowest BCUT2D eigenvalue weighted by Crippen LogP contribution is -2.19. The van der Waals surface area contributed by atoms with Crippen molar-refractivity contribution in [2.24, 2.45) is 0 Å². The van der Waals surface area contributed by atoms with Crippen molar-refractivity contribution in [3.8, 4) is 16.9 Å². The first kappa shape index (κ1) is 23.6. The highest BCUT2D eigenvalue weighted by Gasteiger charge is 2.24. The SMILES string of the molecule is O=C(O)c1cc(C(=O)O)c(C(=O)Nc2cc(-c3ccc(Cl)cc3Cl)ccc2C(=O)O)cc1O. The molecule has 0 aliphatic carbocycles. The Labute approximate surface area is 195 Å². The fourth-order valence-corrected chi connectivity index (χ4v) is 3.56. The van der Waals surface area contributed by atoms with Crippen LogP contribution in [0.4, 0.5) is 5.69 Å². The van der Waals surface area contributed by atoms with Crippen molar-refractivity contribution in [1.29, 1.82) is 0 Å². The van der Waals surface area contributed by atoms with Gasteiger partial charge in [-0.2, -0.15) is 0 Å². The highest BCUT2D eigenvalue weighted by molar-refractivity contribution is 6.36. The normalized spacial score (nSPS) is 10.5. The van der Waals surface area contributed by atoms with Gasteiger partial charge >= 0.3 is 17.9 Å². The molecule has 0 aromatic heterocycles. The number of carbonyl (C=O) groups excluding carboxylic acids is 1. The zero-order valence-electron chi connectivity index (χ0n) is 16.3. The van der Waals surface area contributed by atoms with E-state index in [9.17, 15) is 34.5 Å². The van der Waals surface area contributed by atoms with E-state index in [1.807, 2.05) is 0 Å². The van der Waals surface area contributed by atoms with E-state index in [0.717, 1.165) is 0 Å². The predicted octanol–water partition coefficient (Wildman–Crippen LogP) is 4.71. The summed E-state index contributed by atoms with van der Waals surface area (Å²) < 4.78 is 0. The number of rotatable bonds is 6. The van der Waals surface area contributed by atoms with Gasteiger partial charge in [-0.25, -0.2) is 14.4 Å². The Bertz CT molecular complexity index is 1340. The standard InChI is InChI=1S/C22H13Cl2NO8/c23-10-2-4-11(16(24)6-10)9-1-3-12(20(28)29)17(5-9)25-19(27)13-8-18(26)15(22(32)33)7-14(13)21(30)31/h1-8,26H,(H,25,27)(H,28,29)(H,30,31)(H,32,33). The highest BCUT2D eigenvalue weighted by atomic mass is 35.5. The zero-order chi connectivity index (χ0) is 24.4. The number of carboxylic acid groups (broad SMARTS) is 3. The minimum atomic E-state index is -1.62. The van der Waals surface area contributed by atoms with Crippen molar-refractivity contribution in [2.75, 3.05) is 5.32 Å². The van der Waals surface area contributed by atoms with Gasteiger partial charge in [0.1, 0.15) is 11.3 Å². The second-order valence-corrected chi connectivity index (χ2v) is 7.51. The van der Waals surface area contributed by atoms with E-state index in [0.29, 0.717) is 28.3 Å². The van der Waals surface area contributed by atoms with Crippen LogP contribution in [0.3, 0.4) is 0 Å². The summed E-state index contributed by atoms with van der Waals surface area (Å²) in [5.74, 6) is -6.51. The maximum Gasteiger partial charge on any atom is 0.339 e. The van der Waals surface area contributed by atoms with Gasteiger partial charge in [0.15, 0.2) is 0 Å². The lowest BCUT2D eigenvalue weighted by Gasteiger charge is -2.14. The number of hydrogen-bond donors (Lipinski definition) is 5. The van der Waals surface area contributed by atoms with E-state index in [2.05, 4.69) is 5.32 Å². The Kier molecular flexibility index (Phi) is 6.57. The van der Waals surface area contributed by atoms with Gasteiger partial charge in [0.25, 0.3) is 5.91 Å². The third kappa shape index (κ3) is 4.89. The van der Waals surface area contributed by atoms with Gasteiger partial charge in [-0.3, -0.25) is 4.79 Å². The van der Waals surface area contributed by atoms with Gasteiger partial charge in [0.05, 0.1) is 22.4 Å². The molecule has 3 aromatic carbocycles. The fourth-order valence-electron chi connectivity index (χ4n) is 3.04. The molecule has 3 aromatic rings. The lowest BCUT2D eigenvalue weighted by atomic mass is 10.00. The smallest absolute Gasteiger partial charge is 0.339 e. The third-order valence-corrected chi connectivity index (χ3v) is 5.13. The lowest BCUT2D eigenvalue weighted by molar-refractivity contribution is 0.0679. The monoisotopic (exact) mass is 489 g/mol. The predicted molar refractivity (Wildman–Crippen MR) is 119 cm³/mol. The molecule has 0 atom stereocenters. The summed E-state index contributed by atoms with van der Waals surface area (Å²) in [5.41, 5.74) is -1.56. The van der Waals surface area contributed by atoms with Gasteiger partial charge in [-0.05, 0) is 42.0 Å². The number of anilines is 1. The van der Waals surface area contributed by atoms with E-state index < -0.39 is 46.3 Å². The number of aromatic carboxylic acids is 3.